The predicted molar refractivity (Wildman–Crippen MR) is 125 cm³/mol. The zero-order valence-electron chi connectivity index (χ0n) is 18.1. The molecule has 2 N–H and O–H groups in total. The van der Waals surface area contributed by atoms with Gasteiger partial charge >= 0.3 is 5.69 Å². The summed E-state index contributed by atoms with van der Waals surface area (Å²) in [5.74, 6) is 0.619. The van der Waals surface area contributed by atoms with Crippen molar-refractivity contribution in [2.75, 3.05) is 0 Å². The minimum Gasteiger partial charge on any atom is -0.434 e. The maximum absolute atomic E-state index is 12.4. The lowest BCUT2D eigenvalue weighted by Gasteiger charge is -2.27. The Hall–Kier alpha value is -3.42. The van der Waals surface area contributed by atoms with E-state index in [9.17, 15) is 14.4 Å². The minimum atomic E-state index is -0.900. The lowest BCUT2D eigenvalue weighted by molar-refractivity contribution is 0.314. The van der Waals surface area contributed by atoms with Crippen LogP contribution >= 0.6 is 23.2 Å². The normalized spacial score (nSPS) is 15.0. The third kappa shape index (κ3) is 4.76. The van der Waals surface area contributed by atoms with E-state index in [1.165, 1.54) is 18.6 Å². The number of nitriles is 1. The smallest absolute Gasteiger partial charge is 0.349 e. The fraction of sp³-hybridized carbons (Fsp3) is 0.364. The molecule has 1 aliphatic carbocycles. The summed E-state index contributed by atoms with van der Waals surface area (Å²) in [6, 6.07) is 5.88. The number of benzene rings is 1. The molecule has 12 heteroatoms. The zero-order chi connectivity index (χ0) is 24.4. The van der Waals surface area contributed by atoms with E-state index < -0.39 is 16.9 Å². The Morgan fingerprint density at radius 2 is 1.79 bits per heavy atom. The second-order valence-corrected chi connectivity index (χ2v) is 8.96. The van der Waals surface area contributed by atoms with Gasteiger partial charge in [-0.2, -0.15) is 9.94 Å². The number of nitrogens with zero attached hydrogens (tertiary/aromatic N) is 4. The molecule has 2 heterocycles. The molecule has 0 saturated heterocycles. The third-order valence-electron chi connectivity index (χ3n) is 6.02. The molecule has 176 valence electrons. The van der Waals surface area contributed by atoms with E-state index in [1.54, 1.807) is 12.1 Å². The van der Waals surface area contributed by atoms with Crippen LogP contribution in [-0.2, 0) is 0 Å². The van der Waals surface area contributed by atoms with Gasteiger partial charge in [0.2, 0.25) is 11.6 Å². The van der Waals surface area contributed by atoms with Gasteiger partial charge in [-0.3, -0.25) is 14.6 Å². The maximum Gasteiger partial charge on any atom is 0.349 e. The molecule has 4 rings (SSSR count). The number of aromatic nitrogens is 5. The average Bonchev–Trinajstić information content (AvgIpc) is 2.82. The Morgan fingerprint density at radius 1 is 1.12 bits per heavy atom. The van der Waals surface area contributed by atoms with Crippen LogP contribution < -0.4 is 21.5 Å². The van der Waals surface area contributed by atoms with Crippen LogP contribution in [0, 0.1) is 17.2 Å². The van der Waals surface area contributed by atoms with E-state index in [0.29, 0.717) is 11.5 Å². The van der Waals surface area contributed by atoms with Crippen molar-refractivity contribution in [1.29, 1.82) is 5.26 Å². The van der Waals surface area contributed by atoms with Crippen LogP contribution in [0.3, 0.4) is 0 Å². The van der Waals surface area contributed by atoms with Gasteiger partial charge in [-0.05, 0) is 36.8 Å². The summed E-state index contributed by atoms with van der Waals surface area (Å²) in [5, 5.41) is 19.2. The van der Waals surface area contributed by atoms with Gasteiger partial charge in [0.1, 0.15) is 6.07 Å². The molecule has 3 aromatic rings. The quantitative estimate of drug-likeness (QED) is 0.540. The average molecular weight is 503 g/mol. The monoisotopic (exact) mass is 502 g/mol. The second-order valence-electron chi connectivity index (χ2n) is 8.15. The SMILES string of the molecule is CC(c1cc(Oc2c(Cl)cc(-n3nc(C#N)c(=O)[nH]c3=O)cc2Cl)n[nH]c1=O)C1CCCCC1. The Bertz CT molecular complexity index is 1430. The lowest BCUT2D eigenvalue weighted by atomic mass is 9.78. The number of aromatic amines is 2. The molecule has 0 bridgehead atoms. The molecule has 1 saturated carbocycles. The molecule has 1 aliphatic rings. The zero-order valence-corrected chi connectivity index (χ0v) is 19.6. The number of halogens is 2. The summed E-state index contributed by atoms with van der Waals surface area (Å²) >= 11 is 12.7. The molecule has 1 fully saturated rings. The molecule has 34 heavy (non-hydrogen) atoms. The fourth-order valence-electron chi connectivity index (χ4n) is 4.20. The van der Waals surface area contributed by atoms with E-state index in [-0.39, 0.29) is 38.8 Å². The molecule has 0 radical (unpaired) electrons. The highest BCUT2D eigenvalue weighted by Crippen LogP contribution is 2.39. The molecule has 1 aromatic carbocycles. The molecule has 0 spiro atoms. The first-order chi connectivity index (χ1) is 16.3. The van der Waals surface area contributed by atoms with Crippen LogP contribution in [-0.4, -0.2) is 25.0 Å². The summed E-state index contributed by atoms with van der Waals surface area (Å²) < 4.78 is 6.59. The highest BCUT2D eigenvalue weighted by atomic mass is 35.5. The van der Waals surface area contributed by atoms with Gasteiger partial charge < -0.3 is 4.74 Å². The van der Waals surface area contributed by atoms with Crippen LogP contribution in [0.5, 0.6) is 11.6 Å². The number of hydrogen-bond donors (Lipinski definition) is 2. The second kappa shape index (κ2) is 9.83. The largest absolute Gasteiger partial charge is 0.434 e. The summed E-state index contributed by atoms with van der Waals surface area (Å²) in [4.78, 5) is 38.2. The maximum atomic E-state index is 12.4. The first-order valence-corrected chi connectivity index (χ1v) is 11.4. The summed E-state index contributed by atoms with van der Waals surface area (Å²) in [7, 11) is 0. The fourth-order valence-corrected chi connectivity index (χ4v) is 4.75. The van der Waals surface area contributed by atoms with Crippen molar-refractivity contribution in [3.05, 3.63) is 70.7 Å². The van der Waals surface area contributed by atoms with E-state index in [1.807, 2.05) is 11.9 Å². The van der Waals surface area contributed by atoms with E-state index in [4.69, 9.17) is 33.2 Å². The van der Waals surface area contributed by atoms with E-state index in [2.05, 4.69) is 15.3 Å². The first kappa shape index (κ1) is 23.7. The Kier molecular flexibility index (Phi) is 6.86. The minimum absolute atomic E-state index is 0.0239. The highest BCUT2D eigenvalue weighted by molar-refractivity contribution is 6.37. The number of ether oxygens (including phenoxy) is 1. The van der Waals surface area contributed by atoms with Gasteiger partial charge in [-0.25, -0.2) is 9.89 Å². The lowest BCUT2D eigenvalue weighted by Crippen LogP contribution is -2.33. The number of H-pyrrole nitrogens is 2. The molecule has 0 aliphatic heterocycles. The van der Waals surface area contributed by atoms with Gasteiger partial charge in [-0.15, -0.1) is 10.2 Å². The van der Waals surface area contributed by atoms with Crippen molar-refractivity contribution in [1.82, 2.24) is 25.0 Å². The highest BCUT2D eigenvalue weighted by Gasteiger charge is 2.24. The van der Waals surface area contributed by atoms with Gasteiger partial charge in [0.25, 0.3) is 11.1 Å². The van der Waals surface area contributed by atoms with Crippen molar-refractivity contribution < 1.29 is 4.74 Å². The van der Waals surface area contributed by atoms with Crippen LogP contribution in [0.25, 0.3) is 5.69 Å². The van der Waals surface area contributed by atoms with Crippen LogP contribution in [0.1, 0.15) is 56.2 Å². The van der Waals surface area contributed by atoms with Gasteiger partial charge in [0.15, 0.2) is 5.75 Å². The Morgan fingerprint density at radius 3 is 2.44 bits per heavy atom. The van der Waals surface area contributed by atoms with Gasteiger partial charge in [0.05, 0.1) is 15.7 Å². The molecule has 10 nitrogen and oxygen atoms in total. The topological polar surface area (TPSA) is 147 Å². The molecule has 1 atom stereocenters. The van der Waals surface area contributed by atoms with Crippen molar-refractivity contribution in [3.8, 4) is 23.4 Å². The summed E-state index contributed by atoms with van der Waals surface area (Å²) in [6.45, 7) is 2.03. The Balaban J connectivity index is 1.66. The summed E-state index contributed by atoms with van der Waals surface area (Å²) in [6.07, 6.45) is 5.67. The first-order valence-electron chi connectivity index (χ1n) is 10.7. The van der Waals surface area contributed by atoms with Gasteiger partial charge in [-0.1, -0.05) is 49.4 Å². The van der Waals surface area contributed by atoms with Crippen molar-refractivity contribution in [2.24, 2.45) is 5.92 Å². The van der Waals surface area contributed by atoms with Crippen LogP contribution in [0.2, 0.25) is 10.0 Å². The van der Waals surface area contributed by atoms with Crippen molar-refractivity contribution in [3.63, 3.8) is 0 Å². The van der Waals surface area contributed by atoms with Crippen LogP contribution in [0.15, 0.2) is 32.6 Å². The third-order valence-corrected chi connectivity index (χ3v) is 6.59. The van der Waals surface area contributed by atoms with Crippen molar-refractivity contribution >= 4 is 23.2 Å². The number of rotatable bonds is 5. The summed E-state index contributed by atoms with van der Waals surface area (Å²) in [5.41, 5.74) is -1.84. The Labute approximate surface area is 203 Å². The van der Waals surface area contributed by atoms with E-state index >= 15 is 0 Å². The van der Waals surface area contributed by atoms with E-state index in [0.717, 1.165) is 30.4 Å². The molecular formula is C22H20Cl2N6O4. The predicted octanol–water partition coefficient (Wildman–Crippen LogP) is 3.66. The standard InChI is InChI=1S/C22H20Cl2N6O4/c1-11(12-5-3-2-4-6-12)14-9-18(27-28-20(14)31)34-19-15(23)7-13(8-16(19)24)30-22(33)26-21(32)17(10-25)29-30/h7-9,11-12H,2-6H2,1H3,(H,28,31)(H,26,32,33). The number of nitrogens with one attached hydrogen (secondary N) is 2. The van der Waals surface area contributed by atoms with Gasteiger partial charge in [0, 0.05) is 11.6 Å². The number of hydrogen-bond acceptors (Lipinski definition) is 7. The van der Waals surface area contributed by atoms with Crippen molar-refractivity contribution in [2.45, 2.75) is 44.9 Å². The molecule has 2 aromatic heterocycles. The van der Waals surface area contributed by atoms with Crippen LogP contribution in [0.4, 0.5) is 0 Å². The molecular weight excluding hydrogens is 483 g/mol. The molecule has 1 unspecified atom stereocenters. The molecule has 0 amide bonds.